The maximum atomic E-state index is 2.67. The van der Waals surface area contributed by atoms with Crippen LogP contribution in [0.1, 0.15) is 24.0 Å². The molecule has 2 aromatic rings. The molecule has 0 radical (unpaired) electrons. The van der Waals surface area contributed by atoms with E-state index in [1.54, 1.807) is 11.1 Å². The fraction of sp³-hybridized carbons (Fsp3) is 0.368. The van der Waals surface area contributed by atoms with Crippen molar-refractivity contribution in [2.75, 3.05) is 19.0 Å². The van der Waals surface area contributed by atoms with Crippen molar-refractivity contribution in [3.8, 4) is 0 Å². The van der Waals surface area contributed by atoms with Gasteiger partial charge in [0.2, 0.25) is 0 Å². The van der Waals surface area contributed by atoms with Crippen molar-refractivity contribution in [1.29, 1.82) is 0 Å². The van der Waals surface area contributed by atoms with Crippen LogP contribution in [0.5, 0.6) is 0 Å². The molecule has 0 amide bonds. The summed E-state index contributed by atoms with van der Waals surface area (Å²) in [4.78, 5) is 0. The fourth-order valence-corrected chi connectivity index (χ4v) is 10.1. The quantitative estimate of drug-likeness (QED) is 0.663. The third-order valence-electron chi connectivity index (χ3n) is 5.00. The van der Waals surface area contributed by atoms with Gasteiger partial charge in [0.15, 0.2) is 0 Å². The van der Waals surface area contributed by atoms with E-state index < -0.39 is 6.60 Å². The molecule has 106 valence electrons. The van der Waals surface area contributed by atoms with Gasteiger partial charge in [-0.1, -0.05) is 0 Å². The van der Waals surface area contributed by atoms with Crippen LogP contribution in [-0.4, -0.2) is 19.0 Å². The van der Waals surface area contributed by atoms with Crippen LogP contribution in [0.15, 0.2) is 60.7 Å². The van der Waals surface area contributed by atoms with Gasteiger partial charge in [-0.25, -0.2) is 0 Å². The Kier molecular flexibility index (Phi) is 3.69. The Morgan fingerprint density at radius 2 is 1.10 bits per heavy atom. The van der Waals surface area contributed by atoms with Crippen molar-refractivity contribution in [3.63, 3.8) is 0 Å². The van der Waals surface area contributed by atoms with Crippen LogP contribution in [0.3, 0.4) is 0 Å². The summed E-state index contributed by atoms with van der Waals surface area (Å²) in [5.41, 5.74) is 3.09. The molecule has 1 aliphatic heterocycles. The summed E-state index contributed by atoms with van der Waals surface area (Å²) in [6, 6.07) is 22.3. The Balaban J connectivity index is 1.90. The van der Waals surface area contributed by atoms with Crippen LogP contribution in [0.25, 0.3) is 0 Å². The summed E-state index contributed by atoms with van der Waals surface area (Å²) in [6.45, 7) is 1.07. The molecule has 20 heavy (non-hydrogen) atoms. The van der Waals surface area contributed by atoms with Crippen LogP contribution >= 0.6 is 6.60 Å². The van der Waals surface area contributed by atoms with Crippen LogP contribution in [-0.2, 0) is 12.3 Å². The Bertz CT molecular complexity index is 507. The fourth-order valence-electron chi connectivity index (χ4n) is 4.00. The van der Waals surface area contributed by atoms with Crippen molar-refractivity contribution in [2.45, 2.75) is 25.2 Å². The number of hydrogen-bond acceptors (Lipinski definition) is 0. The number of benzene rings is 2. The summed E-state index contributed by atoms with van der Waals surface area (Å²) in [6.07, 6.45) is 8.51. The second kappa shape index (κ2) is 5.34. The van der Waals surface area contributed by atoms with E-state index in [0.717, 1.165) is 0 Å². The average Bonchev–Trinajstić information content (AvgIpc) is 2.84. The molecule has 0 atom stereocenters. The Morgan fingerprint density at radius 3 is 1.50 bits per heavy atom. The van der Waals surface area contributed by atoms with Crippen molar-refractivity contribution < 1.29 is 0 Å². The summed E-state index contributed by atoms with van der Waals surface area (Å²) in [5, 5.41) is 0. The molecule has 0 bridgehead atoms. The van der Waals surface area contributed by atoms with E-state index in [4.69, 9.17) is 0 Å². The summed E-state index contributed by atoms with van der Waals surface area (Å²) in [7, 11) is 0. The van der Waals surface area contributed by atoms with Gasteiger partial charge >= 0.3 is 123 Å². The third-order valence-corrected chi connectivity index (χ3v) is 11.1. The van der Waals surface area contributed by atoms with Crippen LogP contribution in [0.4, 0.5) is 0 Å². The van der Waals surface area contributed by atoms with Crippen LogP contribution < -0.4 is 0 Å². The third kappa shape index (κ3) is 2.96. The summed E-state index contributed by atoms with van der Waals surface area (Å²) >= 11 is 0. The van der Waals surface area contributed by atoms with E-state index in [0.29, 0.717) is 0 Å². The maximum absolute atomic E-state index is 2.67. The van der Waals surface area contributed by atoms with Gasteiger partial charge in [0, 0.05) is 0 Å². The van der Waals surface area contributed by atoms with Crippen molar-refractivity contribution >= 4 is 6.60 Å². The van der Waals surface area contributed by atoms with Gasteiger partial charge in [-0.3, -0.25) is 0 Å². The summed E-state index contributed by atoms with van der Waals surface area (Å²) in [5.74, 6) is 0. The van der Waals surface area contributed by atoms with Gasteiger partial charge in [-0.15, -0.1) is 0 Å². The van der Waals surface area contributed by atoms with Crippen molar-refractivity contribution in [1.82, 2.24) is 0 Å². The predicted molar refractivity (Wildman–Crippen MR) is 92.1 cm³/mol. The molecule has 0 spiro atoms. The van der Waals surface area contributed by atoms with Gasteiger partial charge < -0.3 is 0 Å². The van der Waals surface area contributed by atoms with E-state index in [9.17, 15) is 0 Å². The molecule has 0 saturated carbocycles. The molecule has 0 aromatic heterocycles. The molecule has 0 N–H and O–H groups in total. The zero-order valence-electron chi connectivity index (χ0n) is 12.5. The minimum absolute atomic E-state index is 1.33. The first kappa shape index (κ1) is 13.8. The Labute approximate surface area is 123 Å². The van der Waals surface area contributed by atoms with Gasteiger partial charge in [0.1, 0.15) is 0 Å². The molecule has 3 rings (SSSR count). The molecule has 0 aliphatic carbocycles. The van der Waals surface area contributed by atoms with Crippen molar-refractivity contribution in [2.24, 2.45) is 0 Å². The first-order valence-electron chi connectivity index (χ1n) is 7.74. The molecule has 0 nitrogen and oxygen atoms in total. The molecule has 1 saturated heterocycles. The monoisotopic (exact) mass is 284 g/mol. The molecule has 1 fully saturated rings. The van der Waals surface area contributed by atoms with E-state index in [2.05, 4.69) is 67.3 Å². The van der Waals surface area contributed by atoms with Gasteiger partial charge in [-0.2, -0.15) is 0 Å². The molecular formula is C19H25P. The summed E-state index contributed by atoms with van der Waals surface area (Å²) < 4.78 is 0. The standard InChI is InChI=1S/C19H25P/c1-20(14-8-9-15-20,16-18-10-4-2-5-11-18)17-19-12-6-3-7-13-19/h2-7,10-13H,8-9,14-17H2,1H3. The average molecular weight is 284 g/mol. The van der Waals surface area contributed by atoms with E-state index >= 15 is 0 Å². The SMILES string of the molecule is CP1(Cc2ccccc2)(Cc2ccccc2)CCCC1. The van der Waals surface area contributed by atoms with Crippen LogP contribution in [0, 0.1) is 0 Å². The molecule has 1 heteroatoms. The first-order chi connectivity index (χ1) is 9.66. The predicted octanol–water partition coefficient (Wildman–Crippen LogP) is 5.36. The van der Waals surface area contributed by atoms with Gasteiger partial charge in [0.25, 0.3) is 0 Å². The first-order valence-corrected chi connectivity index (χ1v) is 11.2. The normalized spacial score (nSPS) is 21.9. The Hall–Kier alpha value is -1.13. The molecule has 0 unspecified atom stereocenters. The minimum atomic E-state index is -1.60. The van der Waals surface area contributed by atoms with Crippen LogP contribution in [0.2, 0.25) is 0 Å². The second-order valence-corrected chi connectivity index (χ2v) is 13.8. The zero-order chi connectivity index (χ0) is 13.9. The number of rotatable bonds is 4. The van der Waals surface area contributed by atoms with Crippen molar-refractivity contribution in [3.05, 3.63) is 71.8 Å². The van der Waals surface area contributed by atoms with E-state index in [1.807, 2.05) is 0 Å². The van der Waals surface area contributed by atoms with E-state index in [1.165, 1.54) is 37.5 Å². The Morgan fingerprint density at radius 1 is 0.700 bits per heavy atom. The van der Waals surface area contributed by atoms with Gasteiger partial charge in [-0.05, 0) is 0 Å². The molecule has 1 heterocycles. The second-order valence-electron chi connectivity index (χ2n) is 7.05. The number of hydrogen-bond donors (Lipinski definition) is 0. The molecule has 1 aliphatic rings. The molecule has 2 aromatic carbocycles. The molecular weight excluding hydrogens is 259 g/mol. The topological polar surface area (TPSA) is 0 Å². The zero-order valence-corrected chi connectivity index (χ0v) is 13.4. The van der Waals surface area contributed by atoms with Gasteiger partial charge in [0.05, 0.1) is 0 Å². The van der Waals surface area contributed by atoms with E-state index in [-0.39, 0.29) is 0 Å².